The number of rotatable bonds is 2. The first-order chi connectivity index (χ1) is 5.65. The smallest absolute Gasteiger partial charge is 0.0653 e. The van der Waals surface area contributed by atoms with Gasteiger partial charge >= 0.3 is 0 Å². The minimum absolute atomic E-state index is 0.170. The van der Waals surface area contributed by atoms with Gasteiger partial charge in [-0.25, -0.2) is 0 Å². The standard InChI is InChI=1S/C9H11BrN2/c1-3-8(11)9-4-6(2)7(10)5-12-9/h3-5,8H,1,11H2,2H3/t8-/m0/s1. The molecule has 0 aliphatic heterocycles. The van der Waals surface area contributed by atoms with Crippen LogP contribution in [0.2, 0.25) is 0 Å². The summed E-state index contributed by atoms with van der Waals surface area (Å²) in [7, 11) is 0. The van der Waals surface area contributed by atoms with E-state index in [1.807, 2.05) is 13.0 Å². The molecular weight excluding hydrogens is 216 g/mol. The summed E-state index contributed by atoms with van der Waals surface area (Å²) >= 11 is 3.37. The first-order valence-electron chi connectivity index (χ1n) is 3.65. The van der Waals surface area contributed by atoms with Crippen molar-refractivity contribution in [2.24, 2.45) is 5.73 Å². The molecule has 0 amide bonds. The van der Waals surface area contributed by atoms with Gasteiger partial charge in [0.05, 0.1) is 11.7 Å². The molecule has 0 aromatic carbocycles. The Morgan fingerprint density at radius 2 is 2.42 bits per heavy atom. The van der Waals surface area contributed by atoms with Crippen molar-refractivity contribution in [2.45, 2.75) is 13.0 Å². The molecule has 1 rings (SSSR count). The van der Waals surface area contributed by atoms with Crippen LogP contribution in [0.1, 0.15) is 17.3 Å². The topological polar surface area (TPSA) is 38.9 Å². The molecule has 2 nitrogen and oxygen atoms in total. The molecule has 0 bridgehead atoms. The van der Waals surface area contributed by atoms with Crippen molar-refractivity contribution in [3.05, 3.63) is 40.6 Å². The Bertz CT molecular complexity index is 297. The second kappa shape index (κ2) is 3.83. The number of halogens is 1. The fraction of sp³-hybridized carbons (Fsp3) is 0.222. The summed E-state index contributed by atoms with van der Waals surface area (Å²) < 4.78 is 1.00. The van der Waals surface area contributed by atoms with Crippen LogP contribution in [-0.4, -0.2) is 4.98 Å². The van der Waals surface area contributed by atoms with Crippen molar-refractivity contribution in [1.29, 1.82) is 0 Å². The Morgan fingerprint density at radius 3 is 2.92 bits per heavy atom. The van der Waals surface area contributed by atoms with Crippen LogP contribution in [0.3, 0.4) is 0 Å². The third kappa shape index (κ3) is 1.93. The summed E-state index contributed by atoms with van der Waals surface area (Å²) in [5.74, 6) is 0. The minimum Gasteiger partial charge on any atom is -0.319 e. The van der Waals surface area contributed by atoms with E-state index >= 15 is 0 Å². The number of aryl methyl sites for hydroxylation is 1. The van der Waals surface area contributed by atoms with Crippen LogP contribution in [0.4, 0.5) is 0 Å². The molecule has 0 aliphatic carbocycles. The molecule has 0 radical (unpaired) electrons. The predicted octanol–water partition coefficient (Wildman–Crippen LogP) is 2.34. The Hall–Kier alpha value is -0.670. The van der Waals surface area contributed by atoms with Crippen molar-refractivity contribution in [3.8, 4) is 0 Å². The van der Waals surface area contributed by atoms with Gasteiger partial charge in [-0.15, -0.1) is 6.58 Å². The molecular formula is C9H11BrN2. The van der Waals surface area contributed by atoms with Crippen molar-refractivity contribution < 1.29 is 0 Å². The fourth-order valence-corrected chi connectivity index (χ4v) is 1.08. The molecule has 1 aromatic heterocycles. The van der Waals surface area contributed by atoms with Crippen LogP contribution in [-0.2, 0) is 0 Å². The van der Waals surface area contributed by atoms with Gasteiger partial charge in [-0.1, -0.05) is 6.08 Å². The van der Waals surface area contributed by atoms with E-state index in [2.05, 4.69) is 27.5 Å². The second-order valence-corrected chi connectivity index (χ2v) is 3.47. The fourth-order valence-electron chi connectivity index (χ4n) is 0.864. The molecule has 0 unspecified atom stereocenters. The average molecular weight is 227 g/mol. The SMILES string of the molecule is C=C[C@H](N)c1cc(C)c(Br)cn1. The van der Waals surface area contributed by atoms with Gasteiger partial charge in [0, 0.05) is 10.7 Å². The Labute approximate surface area is 80.6 Å². The van der Waals surface area contributed by atoms with E-state index in [1.165, 1.54) is 0 Å². The van der Waals surface area contributed by atoms with E-state index < -0.39 is 0 Å². The first-order valence-corrected chi connectivity index (χ1v) is 4.44. The molecule has 0 saturated heterocycles. The van der Waals surface area contributed by atoms with Gasteiger partial charge in [-0.3, -0.25) is 4.98 Å². The maximum atomic E-state index is 5.72. The normalized spacial score (nSPS) is 12.6. The number of hydrogen-bond acceptors (Lipinski definition) is 2. The lowest BCUT2D eigenvalue weighted by Gasteiger charge is -2.06. The molecule has 0 spiro atoms. The average Bonchev–Trinajstić information content (AvgIpc) is 2.08. The monoisotopic (exact) mass is 226 g/mol. The lowest BCUT2D eigenvalue weighted by molar-refractivity contribution is 0.859. The van der Waals surface area contributed by atoms with E-state index in [-0.39, 0.29) is 6.04 Å². The van der Waals surface area contributed by atoms with Crippen molar-refractivity contribution in [1.82, 2.24) is 4.98 Å². The van der Waals surface area contributed by atoms with Gasteiger partial charge in [0.15, 0.2) is 0 Å². The van der Waals surface area contributed by atoms with Crippen LogP contribution in [0.25, 0.3) is 0 Å². The molecule has 12 heavy (non-hydrogen) atoms. The largest absolute Gasteiger partial charge is 0.319 e. The molecule has 64 valence electrons. The Morgan fingerprint density at radius 1 is 1.75 bits per heavy atom. The number of aromatic nitrogens is 1. The minimum atomic E-state index is -0.170. The molecule has 0 fully saturated rings. The van der Waals surface area contributed by atoms with Gasteiger partial charge in [-0.05, 0) is 34.5 Å². The third-order valence-electron chi connectivity index (χ3n) is 1.66. The first kappa shape index (κ1) is 9.42. The zero-order chi connectivity index (χ0) is 9.14. The molecule has 3 heteroatoms. The zero-order valence-corrected chi connectivity index (χ0v) is 8.51. The highest BCUT2D eigenvalue weighted by molar-refractivity contribution is 9.10. The highest BCUT2D eigenvalue weighted by atomic mass is 79.9. The molecule has 2 N–H and O–H groups in total. The molecule has 1 aromatic rings. The summed E-state index contributed by atoms with van der Waals surface area (Å²) in [4.78, 5) is 4.17. The maximum absolute atomic E-state index is 5.72. The number of hydrogen-bond donors (Lipinski definition) is 1. The van der Waals surface area contributed by atoms with E-state index in [4.69, 9.17) is 5.73 Å². The van der Waals surface area contributed by atoms with Crippen molar-refractivity contribution >= 4 is 15.9 Å². The lowest BCUT2D eigenvalue weighted by Crippen LogP contribution is -2.08. The molecule has 0 saturated carbocycles. The van der Waals surface area contributed by atoms with Crippen LogP contribution < -0.4 is 5.73 Å². The van der Waals surface area contributed by atoms with Gasteiger partial charge < -0.3 is 5.73 Å². The molecule has 1 heterocycles. The maximum Gasteiger partial charge on any atom is 0.0653 e. The van der Waals surface area contributed by atoms with Gasteiger partial charge in [0.1, 0.15) is 0 Å². The van der Waals surface area contributed by atoms with Gasteiger partial charge in [-0.2, -0.15) is 0 Å². The highest BCUT2D eigenvalue weighted by Gasteiger charge is 2.03. The molecule has 1 atom stereocenters. The summed E-state index contributed by atoms with van der Waals surface area (Å²) in [6, 6.07) is 1.79. The Balaban J connectivity index is 3.04. The highest BCUT2D eigenvalue weighted by Crippen LogP contribution is 2.17. The van der Waals surface area contributed by atoms with Crippen molar-refractivity contribution in [3.63, 3.8) is 0 Å². The summed E-state index contributed by atoms with van der Waals surface area (Å²) in [6.07, 6.45) is 3.43. The zero-order valence-electron chi connectivity index (χ0n) is 6.92. The summed E-state index contributed by atoms with van der Waals surface area (Å²) in [6.45, 7) is 5.62. The second-order valence-electron chi connectivity index (χ2n) is 2.62. The van der Waals surface area contributed by atoms with Gasteiger partial charge in [0.2, 0.25) is 0 Å². The summed E-state index contributed by atoms with van der Waals surface area (Å²) in [5, 5.41) is 0. The number of nitrogens with zero attached hydrogens (tertiary/aromatic N) is 1. The lowest BCUT2D eigenvalue weighted by atomic mass is 10.1. The predicted molar refractivity (Wildman–Crippen MR) is 53.8 cm³/mol. The van der Waals surface area contributed by atoms with E-state index in [1.54, 1.807) is 12.3 Å². The summed E-state index contributed by atoms with van der Waals surface area (Å²) in [5.41, 5.74) is 7.71. The number of pyridine rings is 1. The van der Waals surface area contributed by atoms with Crippen LogP contribution in [0.15, 0.2) is 29.4 Å². The third-order valence-corrected chi connectivity index (χ3v) is 2.49. The Kier molecular flexibility index (Phi) is 3.00. The van der Waals surface area contributed by atoms with Crippen LogP contribution in [0.5, 0.6) is 0 Å². The van der Waals surface area contributed by atoms with Gasteiger partial charge in [0.25, 0.3) is 0 Å². The van der Waals surface area contributed by atoms with E-state index in [0.29, 0.717) is 0 Å². The van der Waals surface area contributed by atoms with Crippen LogP contribution >= 0.6 is 15.9 Å². The van der Waals surface area contributed by atoms with Crippen LogP contribution in [0, 0.1) is 6.92 Å². The van der Waals surface area contributed by atoms with E-state index in [9.17, 15) is 0 Å². The molecule has 0 aliphatic rings. The number of nitrogens with two attached hydrogens (primary N) is 1. The van der Waals surface area contributed by atoms with Crippen molar-refractivity contribution in [2.75, 3.05) is 0 Å². The quantitative estimate of drug-likeness (QED) is 0.787. The van der Waals surface area contributed by atoms with E-state index in [0.717, 1.165) is 15.7 Å².